The zero-order valence-electron chi connectivity index (χ0n) is 12.9. The largest absolute Gasteiger partial charge is 0.478 e. The minimum atomic E-state index is -0.878. The number of carboxylic acid groups (broad SMARTS) is 1. The molecule has 0 heterocycles. The average Bonchev–Trinajstić information content (AvgIpc) is 2.39. The summed E-state index contributed by atoms with van der Waals surface area (Å²) in [5.74, 6) is -0.878. The number of carbonyl (C=O) groups is 1. The lowest BCUT2D eigenvalue weighted by Gasteiger charge is -2.20. The van der Waals surface area contributed by atoms with E-state index in [-0.39, 0.29) is 0 Å². The molecule has 4 heteroatoms. The zero-order chi connectivity index (χ0) is 15.1. The molecule has 20 heavy (non-hydrogen) atoms. The van der Waals surface area contributed by atoms with E-state index >= 15 is 0 Å². The van der Waals surface area contributed by atoms with Gasteiger partial charge in [-0.2, -0.15) is 0 Å². The summed E-state index contributed by atoms with van der Waals surface area (Å²) in [4.78, 5) is 13.2. The van der Waals surface area contributed by atoms with Crippen LogP contribution in [0, 0.1) is 6.92 Å². The van der Waals surface area contributed by atoms with Gasteiger partial charge in [0.15, 0.2) is 0 Å². The highest BCUT2D eigenvalue weighted by Crippen LogP contribution is 2.16. The van der Waals surface area contributed by atoms with Gasteiger partial charge in [0.1, 0.15) is 0 Å². The predicted octanol–water partition coefficient (Wildman–Crippen LogP) is 3.23. The van der Waals surface area contributed by atoms with Crippen LogP contribution in [0.25, 0.3) is 0 Å². The fourth-order valence-corrected chi connectivity index (χ4v) is 1.96. The first-order valence-corrected chi connectivity index (χ1v) is 7.20. The van der Waals surface area contributed by atoms with E-state index in [1.54, 1.807) is 12.1 Å². The Morgan fingerprint density at radius 2 is 2.05 bits per heavy atom. The van der Waals surface area contributed by atoms with Crippen LogP contribution < -0.4 is 5.32 Å². The molecule has 0 bridgehead atoms. The van der Waals surface area contributed by atoms with Crippen molar-refractivity contribution in [3.63, 3.8) is 0 Å². The third-order valence-electron chi connectivity index (χ3n) is 3.61. The highest BCUT2D eigenvalue weighted by Gasteiger charge is 2.05. The summed E-state index contributed by atoms with van der Waals surface area (Å²) in [6.45, 7) is 8.36. The minimum absolute atomic E-state index is 0.339. The van der Waals surface area contributed by atoms with Crippen LogP contribution in [0.15, 0.2) is 18.2 Å². The number of hydrogen-bond acceptors (Lipinski definition) is 3. The van der Waals surface area contributed by atoms with Gasteiger partial charge in [-0.25, -0.2) is 4.79 Å². The maximum Gasteiger partial charge on any atom is 0.335 e. The van der Waals surface area contributed by atoms with Crippen molar-refractivity contribution in [2.75, 3.05) is 25.5 Å². The van der Waals surface area contributed by atoms with Gasteiger partial charge in [-0.3, -0.25) is 0 Å². The zero-order valence-corrected chi connectivity index (χ0v) is 12.9. The summed E-state index contributed by atoms with van der Waals surface area (Å²) in [6, 6.07) is 5.79. The number of aromatic carboxylic acids is 1. The number of carboxylic acids is 1. The van der Waals surface area contributed by atoms with Crippen molar-refractivity contribution in [2.45, 2.75) is 39.7 Å². The van der Waals surface area contributed by atoms with Crippen LogP contribution in [0.3, 0.4) is 0 Å². The molecule has 2 N–H and O–H groups in total. The van der Waals surface area contributed by atoms with E-state index in [2.05, 4.69) is 31.1 Å². The molecule has 4 nitrogen and oxygen atoms in total. The normalized spacial score (nSPS) is 11.1. The van der Waals surface area contributed by atoms with Crippen LogP contribution in [0.2, 0.25) is 0 Å². The summed E-state index contributed by atoms with van der Waals surface area (Å²) in [7, 11) is 2.15. The molecule has 0 saturated carbocycles. The first-order valence-electron chi connectivity index (χ1n) is 7.20. The van der Waals surface area contributed by atoms with Crippen molar-refractivity contribution in [2.24, 2.45) is 0 Å². The first-order chi connectivity index (χ1) is 9.41. The number of hydrogen-bond donors (Lipinski definition) is 2. The van der Waals surface area contributed by atoms with E-state index in [9.17, 15) is 4.79 Å². The summed E-state index contributed by atoms with van der Waals surface area (Å²) in [5.41, 5.74) is 2.34. The Labute approximate surface area is 121 Å². The predicted molar refractivity (Wildman–Crippen MR) is 83.6 cm³/mol. The molecule has 1 rings (SSSR count). The van der Waals surface area contributed by atoms with Crippen LogP contribution in [-0.4, -0.2) is 42.2 Å². The molecule has 0 aromatic heterocycles. The Bertz CT molecular complexity index is 444. The van der Waals surface area contributed by atoms with Crippen molar-refractivity contribution < 1.29 is 9.90 Å². The van der Waals surface area contributed by atoms with Crippen molar-refractivity contribution in [1.29, 1.82) is 0 Å². The standard InChI is InChI=1S/C16H26N2O2/c1-12(2)18(4)10-6-5-9-17-15-8-7-14(16(19)20)11-13(15)3/h7-8,11-12,17H,5-6,9-10H2,1-4H3,(H,19,20). The van der Waals surface area contributed by atoms with E-state index in [4.69, 9.17) is 5.11 Å². The first kappa shape index (κ1) is 16.5. The molecular weight excluding hydrogens is 252 g/mol. The molecule has 0 aliphatic rings. The smallest absolute Gasteiger partial charge is 0.335 e. The lowest BCUT2D eigenvalue weighted by atomic mass is 10.1. The molecule has 0 amide bonds. The van der Waals surface area contributed by atoms with E-state index < -0.39 is 5.97 Å². The molecule has 1 aromatic rings. The monoisotopic (exact) mass is 278 g/mol. The molecule has 0 spiro atoms. The van der Waals surface area contributed by atoms with Crippen LogP contribution in [0.5, 0.6) is 0 Å². The number of unbranched alkanes of at least 4 members (excludes halogenated alkanes) is 1. The Kier molecular flexibility index (Phi) is 6.52. The maximum atomic E-state index is 10.9. The van der Waals surface area contributed by atoms with E-state index in [0.29, 0.717) is 11.6 Å². The Morgan fingerprint density at radius 1 is 1.35 bits per heavy atom. The van der Waals surface area contributed by atoms with Gasteiger partial charge in [-0.1, -0.05) is 0 Å². The lowest BCUT2D eigenvalue weighted by Crippen LogP contribution is -2.27. The van der Waals surface area contributed by atoms with Crippen LogP contribution >= 0.6 is 0 Å². The molecule has 0 aliphatic heterocycles. The van der Waals surface area contributed by atoms with Crippen LogP contribution in [-0.2, 0) is 0 Å². The van der Waals surface area contributed by atoms with Crippen LogP contribution in [0.4, 0.5) is 5.69 Å². The van der Waals surface area contributed by atoms with E-state index in [1.165, 1.54) is 0 Å². The topological polar surface area (TPSA) is 52.6 Å². The van der Waals surface area contributed by atoms with E-state index in [1.807, 2.05) is 13.0 Å². The van der Waals surface area contributed by atoms with Gasteiger partial charge >= 0.3 is 5.97 Å². The molecule has 0 aliphatic carbocycles. The summed E-state index contributed by atoms with van der Waals surface area (Å²) >= 11 is 0. The summed E-state index contributed by atoms with van der Waals surface area (Å²) in [6.07, 6.45) is 2.27. The molecule has 0 radical (unpaired) electrons. The van der Waals surface area contributed by atoms with Gasteiger partial charge in [-0.15, -0.1) is 0 Å². The molecular formula is C16H26N2O2. The van der Waals surface area contributed by atoms with Crippen molar-refractivity contribution in [3.8, 4) is 0 Å². The number of nitrogens with zero attached hydrogens (tertiary/aromatic N) is 1. The third kappa shape index (κ3) is 5.21. The lowest BCUT2D eigenvalue weighted by molar-refractivity contribution is 0.0697. The van der Waals surface area contributed by atoms with Gasteiger partial charge in [0, 0.05) is 18.3 Å². The number of anilines is 1. The highest BCUT2D eigenvalue weighted by atomic mass is 16.4. The Hall–Kier alpha value is -1.55. The van der Waals surface area contributed by atoms with Crippen molar-refractivity contribution in [3.05, 3.63) is 29.3 Å². The molecule has 0 fully saturated rings. The maximum absolute atomic E-state index is 10.9. The fraction of sp³-hybridized carbons (Fsp3) is 0.562. The van der Waals surface area contributed by atoms with Gasteiger partial charge in [0.25, 0.3) is 0 Å². The third-order valence-corrected chi connectivity index (χ3v) is 3.61. The van der Waals surface area contributed by atoms with Gasteiger partial charge in [-0.05, 0) is 71.0 Å². The minimum Gasteiger partial charge on any atom is -0.478 e. The Morgan fingerprint density at radius 3 is 2.60 bits per heavy atom. The molecule has 112 valence electrons. The summed E-state index contributed by atoms with van der Waals surface area (Å²) in [5, 5.41) is 12.3. The van der Waals surface area contributed by atoms with Crippen molar-refractivity contribution >= 4 is 11.7 Å². The second-order valence-electron chi connectivity index (χ2n) is 5.54. The molecule has 0 saturated heterocycles. The Balaban J connectivity index is 2.34. The number of rotatable bonds is 8. The summed E-state index contributed by atoms with van der Waals surface area (Å²) < 4.78 is 0. The SMILES string of the molecule is Cc1cc(C(=O)O)ccc1NCCCCN(C)C(C)C. The molecule has 0 atom stereocenters. The molecule has 1 aromatic carbocycles. The second-order valence-corrected chi connectivity index (χ2v) is 5.54. The van der Waals surface area contributed by atoms with Crippen LogP contribution in [0.1, 0.15) is 42.6 Å². The second kappa shape index (κ2) is 7.90. The average molecular weight is 278 g/mol. The highest BCUT2D eigenvalue weighted by molar-refractivity contribution is 5.88. The number of aryl methyl sites for hydroxylation is 1. The molecule has 0 unspecified atom stereocenters. The number of benzene rings is 1. The van der Waals surface area contributed by atoms with Gasteiger partial charge < -0.3 is 15.3 Å². The fourth-order valence-electron chi connectivity index (χ4n) is 1.96. The number of nitrogens with one attached hydrogen (secondary N) is 1. The van der Waals surface area contributed by atoms with Gasteiger partial charge in [0.2, 0.25) is 0 Å². The van der Waals surface area contributed by atoms with Gasteiger partial charge in [0.05, 0.1) is 5.56 Å². The van der Waals surface area contributed by atoms with Crippen molar-refractivity contribution in [1.82, 2.24) is 4.90 Å². The van der Waals surface area contributed by atoms with E-state index in [0.717, 1.165) is 37.2 Å². The quantitative estimate of drug-likeness (QED) is 0.717.